The lowest BCUT2D eigenvalue weighted by molar-refractivity contribution is 0.0984. The van der Waals surface area contributed by atoms with E-state index >= 15 is 0 Å². The number of rotatable bonds is 7. The minimum atomic E-state index is -0.313. The van der Waals surface area contributed by atoms with Crippen molar-refractivity contribution < 1.29 is 33.6 Å². The Balaban J connectivity index is 1.89. The summed E-state index contributed by atoms with van der Waals surface area (Å²) < 4.78 is 27.5. The van der Waals surface area contributed by atoms with E-state index in [-0.39, 0.29) is 30.0 Å². The minimum absolute atomic E-state index is 0.0375. The number of phenols is 1. The highest BCUT2D eigenvalue weighted by molar-refractivity contribution is 6.19. The minimum Gasteiger partial charge on any atom is -0.504 e. The van der Waals surface area contributed by atoms with Crippen molar-refractivity contribution >= 4 is 34.1 Å². The lowest BCUT2D eigenvalue weighted by Crippen LogP contribution is -2.30. The van der Waals surface area contributed by atoms with Crippen molar-refractivity contribution in [3.63, 3.8) is 0 Å². The van der Waals surface area contributed by atoms with Gasteiger partial charge in [0.1, 0.15) is 11.4 Å². The molecule has 1 aliphatic rings. The van der Waals surface area contributed by atoms with Crippen molar-refractivity contribution in [3.8, 4) is 34.5 Å². The molecule has 3 aromatic rings. The molecule has 0 unspecified atom stereocenters. The Kier molecular flexibility index (Phi) is 6.31. The van der Waals surface area contributed by atoms with Crippen LogP contribution in [0.2, 0.25) is 0 Å². The van der Waals surface area contributed by atoms with E-state index in [9.17, 15) is 9.90 Å². The number of aromatic hydroxyl groups is 1. The largest absolute Gasteiger partial charge is 0.504 e. The molecule has 0 fully saturated rings. The first kappa shape index (κ1) is 23.7. The summed E-state index contributed by atoms with van der Waals surface area (Å²) in [6, 6.07) is 3.49. The third kappa shape index (κ3) is 3.34. The topological polar surface area (TPSA) is 102 Å². The number of benzene rings is 2. The van der Waals surface area contributed by atoms with E-state index in [2.05, 4.69) is 4.98 Å². The molecule has 0 bridgehead atoms. The van der Waals surface area contributed by atoms with E-state index in [1.807, 2.05) is 0 Å². The number of amides is 1. The van der Waals surface area contributed by atoms with Crippen LogP contribution in [0.3, 0.4) is 0 Å². The standard InChI is InChI=1S/C24H27ClN2O7/c1-11-20(31-3)18-16(19(28)21(11)32-4)13(9-25)10-27(18)24(29)14-7-12-8-15(30-2)22(33-5)23(34-6)17(12)26-14/h7-8,13,26,28H,9-10H2,1-6H3/t13-/m0/s1. The molecule has 2 heterocycles. The Bertz CT molecular complexity index is 1270. The molecule has 0 saturated carbocycles. The highest BCUT2D eigenvalue weighted by Gasteiger charge is 2.40. The third-order valence-electron chi connectivity index (χ3n) is 6.19. The molecule has 34 heavy (non-hydrogen) atoms. The smallest absolute Gasteiger partial charge is 0.274 e. The van der Waals surface area contributed by atoms with Gasteiger partial charge in [-0.05, 0) is 19.1 Å². The number of alkyl halides is 1. The summed E-state index contributed by atoms with van der Waals surface area (Å²) in [4.78, 5) is 18.5. The van der Waals surface area contributed by atoms with E-state index in [0.717, 1.165) is 0 Å². The van der Waals surface area contributed by atoms with Gasteiger partial charge in [0.2, 0.25) is 5.75 Å². The molecule has 1 amide bonds. The molecule has 9 nitrogen and oxygen atoms in total. The number of aromatic amines is 1. The van der Waals surface area contributed by atoms with Crippen molar-refractivity contribution in [1.82, 2.24) is 4.98 Å². The van der Waals surface area contributed by atoms with Gasteiger partial charge >= 0.3 is 0 Å². The molecule has 0 aliphatic carbocycles. The average molecular weight is 491 g/mol. The summed E-state index contributed by atoms with van der Waals surface area (Å²) in [5, 5.41) is 11.7. The molecule has 0 saturated heterocycles. The van der Waals surface area contributed by atoms with Gasteiger partial charge in [0.15, 0.2) is 23.0 Å². The number of carbonyl (C=O) groups is 1. The molecular weight excluding hydrogens is 464 g/mol. The number of ether oxygens (including phenoxy) is 5. The molecule has 0 spiro atoms. The van der Waals surface area contributed by atoms with Crippen molar-refractivity contribution in [2.75, 3.05) is 52.9 Å². The van der Waals surface area contributed by atoms with Crippen molar-refractivity contribution in [2.24, 2.45) is 0 Å². The van der Waals surface area contributed by atoms with Crippen LogP contribution in [-0.4, -0.2) is 64.0 Å². The highest BCUT2D eigenvalue weighted by Crippen LogP contribution is 2.54. The zero-order valence-electron chi connectivity index (χ0n) is 19.9. The van der Waals surface area contributed by atoms with E-state index in [4.69, 9.17) is 35.3 Å². The Morgan fingerprint density at radius 1 is 1.03 bits per heavy atom. The van der Waals surface area contributed by atoms with E-state index < -0.39 is 0 Å². The number of methoxy groups -OCH3 is 5. The zero-order chi connectivity index (χ0) is 24.7. The van der Waals surface area contributed by atoms with Crippen molar-refractivity contribution in [3.05, 3.63) is 29.0 Å². The SMILES string of the molecule is COc1cc2cc(C(=O)N3C[C@H](CCl)c4c(O)c(OC)c(C)c(OC)c43)[nH]c2c(OC)c1OC. The van der Waals surface area contributed by atoms with Gasteiger partial charge < -0.3 is 38.7 Å². The normalized spacial score (nSPS) is 14.8. The quantitative estimate of drug-likeness (QED) is 0.478. The Morgan fingerprint density at radius 2 is 1.68 bits per heavy atom. The number of hydrogen-bond acceptors (Lipinski definition) is 7. The number of halogens is 1. The number of fused-ring (bicyclic) bond motifs is 2. The zero-order valence-corrected chi connectivity index (χ0v) is 20.6. The molecular formula is C24H27ClN2O7. The molecule has 2 aromatic carbocycles. The van der Waals surface area contributed by atoms with Gasteiger partial charge in [-0.1, -0.05) is 0 Å². The second kappa shape index (κ2) is 9.06. The summed E-state index contributed by atoms with van der Waals surface area (Å²) in [5.41, 5.74) is 2.51. The number of phenolic OH excluding ortho intramolecular Hbond substituents is 1. The second-order valence-corrected chi connectivity index (χ2v) is 8.17. The number of carbonyl (C=O) groups excluding carboxylic acids is 1. The summed E-state index contributed by atoms with van der Waals surface area (Å²) in [6.45, 7) is 2.04. The number of nitrogens with zero attached hydrogens (tertiary/aromatic N) is 1. The first-order valence-corrected chi connectivity index (χ1v) is 11.1. The number of nitrogens with one attached hydrogen (secondary N) is 1. The molecule has 1 aliphatic heterocycles. The summed E-state index contributed by atoms with van der Waals surface area (Å²) in [7, 11) is 7.56. The summed E-state index contributed by atoms with van der Waals surface area (Å²) in [6.07, 6.45) is 0. The van der Waals surface area contributed by atoms with Gasteiger partial charge in [0.25, 0.3) is 5.91 Å². The van der Waals surface area contributed by atoms with E-state index in [0.29, 0.717) is 62.2 Å². The first-order valence-electron chi connectivity index (χ1n) is 10.5. The molecule has 0 radical (unpaired) electrons. The van der Waals surface area contributed by atoms with Crippen LogP contribution in [0, 0.1) is 6.92 Å². The number of hydrogen-bond donors (Lipinski definition) is 2. The fraction of sp³-hybridized carbons (Fsp3) is 0.375. The second-order valence-electron chi connectivity index (χ2n) is 7.86. The third-order valence-corrected chi connectivity index (χ3v) is 6.57. The fourth-order valence-electron chi connectivity index (χ4n) is 4.69. The van der Waals surface area contributed by atoms with Gasteiger partial charge in [-0.2, -0.15) is 0 Å². The summed E-state index contributed by atoms with van der Waals surface area (Å²) in [5.74, 6) is 1.62. The van der Waals surface area contributed by atoms with Crippen LogP contribution < -0.4 is 28.6 Å². The van der Waals surface area contributed by atoms with Gasteiger partial charge in [0, 0.05) is 34.9 Å². The van der Waals surface area contributed by atoms with Crippen LogP contribution in [0.1, 0.15) is 27.5 Å². The Hall–Kier alpha value is -3.46. The molecule has 182 valence electrons. The van der Waals surface area contributed by atoms with Crippen LogP contribution in [0.15, 0.2) is 12.1 Å². The van der Waals surface area contributed by atoms with Crippen LogP contribution in [0.4, 0.5) is 5.69 Å². The predicted octanol–water partition coefficient (Wildman–Crippen LogP) is 4.21. The van der Waals surface area contributed by atoms with Gasteiger partial charge in [0.05, 0.1) is 46.8 Å². The maximum absolute atomic E-state index is 13.8. The monoisotopic (exact) mass is 490 g/mol. The van der Waals surface area contributed by atoms with Crippen LogP contribution in [-0.2, 0) is 0 Å². The highest BCUT2D eigenvalue weighted by atomic mass is 35.5. The summed E-state index contributed by atoms with van der Waals surface area (Å²) >= 11 is 6.24. The maximum atomic E-state index is 13.8. The maximum Gasteiger partial charge on any atom is 0.274 e. The molecule has 1 aromatic heterocycles. The molecule has 4 rings (SSSR count). The van der Waals surface area contributed by atoms with Crippen LogP contribution >= 0.6 is 11.6 Å². The van der Waals surface area contributed by atoms with Gasteiger partial charge in [-0.3, -0.25) is 4.79 Å². The van der Waals surface area contributed by atoms with Crippen LogP contribution in [0.5, 0.6) is 34.5 Å². The predicted molar refractivity (Wildman–Crippen MR) is 129 cm³/mol. The molecule has 2 N–H and O–H groups in total. The van der Waals surface area contributed by atoms with Gasteiger partial charge in [-0.25, -0.2) is 0 Å². The Labute approximate surface area is 202 Å². The lowest BCUT2D eigenvalue weighted by atomic mass is 9.98. The number of aromatic nitrogens is 1. The molecule has 10 heteroatoms. The number of anilines is 1. The number of H-pyrrole nitrogens is 1. The van der Waals surface area contributed by atoms with Crippen LogP contribution in [0.25, 0.3) is 10.9 Å². The Morgan fingerprint density at radius 3 is 2.24 bits per heavy atom. The van der Waals surface area contributed by atoms with Gasteiger partial charge in [-0.15, -0.1) is 11.6 Å². The average Bonchev–Trinajstić information content (AvgIpc) is 3.44. The first-order chi connectivity index (χ1) is 16.4. The molecule has 1 atom stereocenters. The van der Waals surface area contributed by atoms with E-state index in [1.54, 1.807) is 24.0 Å². The van der Waals surface area contributed by atoms with Crippen molar-refractivity contribution in [1.29, 1.82) is 0 Å². The van der Waals surface area contributed by atoms with E-state index in [1.165, 1.54) is 35.5 Å². The lowest BCUT2D eigenvalue weighted by Gasteiger charge is -2.22. The fourth-order valence-corrected chi connectivity index (χ4v) is 4.94. The van der Waals surface area contributed by atoms with Crippen molar-refractivity contribution in [2.45, 2.75) is 12.8 Å².